The fourth-order valence-electron chi connectivity index (χ4n) is 10.8. The van der Waals surface area contributed by atoms with Gasteiger partial charge in [0.25, 0.3) is 15.9 Å². The number of hydrogen-bond acceptors (Lipinski definition) is 13. The SMILES string of the molecule is CC(C)c1ccccc1[C@H]1CS(=N)(=O)CCN1C1CC2(CCN(c3ccc(C(=O)NS(=O)(=O)c4cnc(NCC5CCC(C)(C)CC5)c([N+](=O)[O-])c4)c(Oc4cnc5[nH]ccc5c4)c3)CC2)C1. The second-order valence-electron chi connectivity index (χ2n) is 20.4. The highest BCUT2D eigenvalue weighted by molar-refractivity contribution is 7.92. The molecular formula is C49H61N9O7S2. The molecule has 18 heteroatoms. The van der Waals surface area contributed by atoms with E-state index in [-0.39, 0.29) is 34.0 Å². The van der Waals surface area contributed by atoms with E-state index in [1.165, 1.54) is 23.4 Å². The molecule has 4 N–H and O–H groups in total. The van der Waals surface area contributed by atoms with E-state index in [0.717, 1.165) is 87.8 Å². The average molecular weight is 952 g/mol. The molecule has 356 valence electrons. The Morgan fingerprint density at radius 2 is 1.76 bits per heavy atom. The lowest BCUT2D eigenvalue weighted by Gasteiger charge is -2.57. The molecule has 0 bridgehead atoms. The minimum absolute atomic E-state index is 0.0267. The maximum absolute atomic E-state index is 14.0. The highest BCUT2D eigenvalue weighted by atomic mass is 32.2. The summed E-state index contributed by atoms with van der Waals surface area (Å²) in [6.45, 7) is 11.5. The van der Waals surface area contributed by atoms with Crippen LogP contribution in [-0.4, -0.2) is 87.0 Å². The monoisotopic (exact) mass is 951 g/mol. The zero-order chi connectivity index (χ0) is 47.3. The van der Waals surface area contributed by atoms with Crippen molar-refractivity contribution in [2.75, 3.05) is 47.9 Å². The Balaban J connectivity index is 0.903. The predicted molar refractivity (Wildman–Crippen MR) is 260 cm³/mol. The quantitative estimate of drug-likeness (QED) is 0.0641. The molecular weight excluding hydrogens is 891 g/mol. The van der Waals surface area contributed by atoms with Crippen LogP contribution in [0.15, 0.2) is 84.1 Å². The van der Waals surface area contributed by atoms with Gasteiger partial charge in [-0.3, -0.25) is 24.6 Å². The first kappa shape index (κ1) is 46.5. The van der Waals surface area contributed by atoms with E-state index in [2.05, 4.69) is 86.8 Å². The lowest BCUT2D eigenvalue weighted by molar-refractivity contribution is -0.384. The highest BCUT2D eigenvalue weighted by Gasteiger charge is 2.50. The number of nitro groups is 1. The number of nitrogens with zero attached hydrogens (tertiary/aromatic N) is 5. The number of anilines is 2. The van der Waals surface area contributed by atoms with Crippen LogP contribution in [0.4, 0.5) is 17.2 Å². The van der Waals surface area contributed by atoms with E-state index in [0.29, 0.717) is 53.9 Å². The standard InChI is InChI=1S/C49H61N9O7S2/c1-32(2)39-7-5-6-8-40(39)43-31-66(50,62)22-21-57(43)36-26-49(27-36)16-19-56(20-17-49)35-9-10-41(44(24-35)65-37-23-34-13-18-51-45(34)53-29-37)47(59)55-67(63,64)38-25-42(58(60)61)46(54-30-38)52-28-33-11-14-48(3,4)15-12-33/h5-10,13,18,23-25,29-30,32-33,36,43,50H,11-12,14-17,19-22,26-28,31H2,1-4H3,(H,51,53)(H,52,54)(H,55,59)/t43-,66?/m1/s1. The second kappa shape index (κ2) is 18.1. The lowest BCUT2D eigenvalue weighted by atomic mass is 9.59. The second-order valence-corrected chi connectivity index (χ2v) is 24.4. The normalized spacial score (nSPS) is 22.4. The number of carbonyl (C=O) groups is 1. The Kier molecular flexibility index (Phi) is 12.6. The molecule has 1 amide bonds. The number of sulfonamides is 1. The number of benzene rings is 2. The van der Waals surface area contributed by atoms with Gasteiger partial charge in [0.1, 0.15) is 22.0 Å². The Bertz CT molecular complexity index is 2890. The molecule has 9 rings (SSSR count). The zero-order valence-electron chi connectivity index (χ0n) is 38.6. The smallest absolute Gasteiger partial charge is 0.312 e. The summed E-state index contributed by atoms with van der Waals surface area (Å²) in [5.41, 5.74) is 3.78. The Labute approximate surface area is 392 Å². The minimum Gasteiger partial charge on any atom is -0.455 e. The third kappa shape index (κ3) is 10.0. The van der Waals surface area contributed by atoms with Gasteiger partial charge >= 0.3 is 5.69 Å². The molecule has 0 radical (unpaired) electrons. The van der Waals surface area contributed by atoms with Crippen molar-refractivity contribution < 1.29 is 27.1 Å². The first-order valence-electron chi connectivity index (χ1n) is 23.4. The fourth-order valence-corrected chi connectivity index (χ4v) is 13.3. The number of aromatic amines is 1. The molecule has 1 spiro atoms. The summed E-state index contributed by atoms with van der Waals surface area (Å²) in [6.07, 6.45) is 12.3. The predicted octanol–water partition coefficient (Wildman–Crippen LogP) is 9.38. The molecule has 16 nitrogen and oxygen atoms in total. The van der Waals surface area contributed by atoms with E-state index >= 15 is 0 Å². The molecule has 2 saturated carbocycles. The first-order chi connectivity index (χ1) is 31.9. The van der Waals surface area contributed by atoms with Gasteiger partial charge in [0.05, 0.1) is 28.6 Å². The molecule has 3 aromatic heterocycles. The highest BCUT2D eigenvalue weighted by Crippen LogP contribution is 2.53. The van der Waals surface area contributed by atoms with Gasteiger partial charge in [0.2, 0.25) is 5.82 Å². The van der Waals surface area contributed by atoms with Gasteiger partial charge in [-0.05, 0) is 109 Å². The van der Waals surface area contributed by atoms with Gasteiger partial charge in [-0.25, -0.2) is 27.3 Å². The number of rotatable bonds is 13. The zero-order valence-corrected chi connectivity index (χ0v) is 40.3. The summed E-state index contributed by atoms with van der Waals surface area (Å²) in [5.74, 6) is 0.839. The molecule has 4 aliphatic rings. The first-order valence-corrected chi connectivity index (χ1v) is 26.8. The summed E-state index contributed by atoms with van der Waals surface area (Å²) in [6, 6.07) is 18.3. The number of carbonyl (C=O) groups excluding carboxylic acids is 1. The topological polar surface area (TPSA) is 217 Å². The van der Waals surface area contributed by atoms with Gasteiger partial charge in [0, 0.05) is 83.1 Å². The van der Waals surface area contributed by atoms with Crippen LogP contribution in [-0.2, 0) is 19.8 Å². The largest absolute Gasteiger partial charge is 0.455 e. The summed E-state index contributed by atoms with van der Waals surface area (Å²) >= 11 is 0. The molecule has 2 saturated heterocycles. The van der Waals surface area contributed by atoms with Crippen molar-refractivity contribution in [3.8, 4) is 11.5 Å². The van der Waals surface area contributed by atoms with Crippen molar-refractivity contribution in [1.82, 2.24) is 24.6 Å². The molecule has 67 heavy (non-hydrogen) atoms. The van der Waals surface area contributed by atoms with Gasteiger partial charge in [0.15, 0.2) is 0 Å². The van der Waals surface area contributed by atoms with Gasteiger partial charge in [-0.1, -0.05) is 52.0 Å². The molecule has 2 aliphatic carbocycles. The number of piperidine rings is 1. The number of amides is 1. The molecule has 5 aromatic rings. The van der Waals surface area contributed by atoms with E-state index < -0.39 is 41.2 Å². The van der Waals surface area contributed by atoms with E-state index in [4.69, 9.17) is 9.52 Å². The van der Waals surface area contributed by atoms with Gasteiger partial charge < -0.3 is 19.9 Å². The number of fused-ring (bicyclic) bond motifs is 1. The maximum Gasteiger partial charge on any atom is 0.312 e. The van der Waals surface area contributed by atoms with E-state index in [1.54, 1.807) is 24.4 Å². The summed E-state index contributed by atoms with van der Waals surface area (Å²) in [7, 11) is -7.29. The summed E-state index contributed by atoms with van der Waals surface area (Å²) in [5, 5.41) is 16.0. The van der Waals surface area contributed by atoms with Crippen molar-refractivity contribution >= 4 is 53.9 Å². The fraction of sp³-hybridized carbons (Fsp3) is 0.490. The van der Waals surface area contributed by atoms with Crippen LogP contribution in [0.3, 0.4) is 0 Å². The van der Waals surface area contributed by atoms with Crippen LogP contribution >= 0.6 is 0 Å². The van der Waals surface area contributed by atoms with Crippen LogP contribution in [0.25, 0.3) is 11.0 Å². The molecule has 2 atom stereocenters. The van der Waals surface area contributed by atoms with Crippen LogP contribution in [0.1, 0.15) is 113 Å². The van der Waals surface area contributed by atoms with Crippen LogP contribution in [0.5, 0.6) is 11.5 Å². The number of ether oxygens (including phenoxy) is 1. The Morgan fingerprint density at radius 1 is 1.01 bits per heavy atom. The third-order valence-corrected chi connectivity index (χ3v) is 17.9. The molecule has 2 aromatic carbocycles. The van der Waals surface area contributed by atoms with Crippen LogP contribution in [0.2, 0.25) is 0 Å². The van der Waals surface area contributed by atoms with Crippen molar-refractivity contribution in [1.29, 1.82) is 4.78 Å². The minimum atomic E-state index is -4.63. The molecule has 4 fully saturated rings. The van der Waals surface area contributed by atoms with Crippen molar-refractivity contribution in [3.63, 3.8) is 0 Å². The maximum atomic E-state index is 14.0. The van der Waals surface area contributed by atoms with E-state index in [9.17, 15) is 27.5 Å². The van der Waals surface area contributed by atoms with Crippen LogP contribution < -0.4 is 19.7 Å². The molecule has 2 aliphatic heterocycles. The number of hydrogen-bond donors (Lipinski definition) is 4. The summed E-state index contributed by atoms with van der Waals surface area (Å²) < 4.78 is 57.7. The number of pyridine rings is 2. The number of nitrogens with one attached hydrogen (secondary N) is 4. The Hall–Kier alpha value is -5.59. The van der Waals surface area contributed by atoms with Crippen LogP contribution in [0, 0.1) is 31.6 Å². The van der Waals surface area contributed by atoms with Crippen molar-refractivity contribution in [3.05, 3.63) is 106 Å². The summed E-state index contributed by atoms with van der Waals surface area (Å²) in [4.78, 5) is 41.4. The van der Waals surface area contributed by atoms with Crippen molar-refractivity contribution in [2.24, 2.45) is 16.7 Å². The molecule has 1 unspecified atom stereocenters. The lowest BCUT2D eigenvalue weighted by Crippen LogP contribution is -2.58. The number of H-pyrrole nitrogens is 1. The number of aromatic nitrogens is 3. The average Bonchev–Trinajstić information content (AvgIpc) is 3.76. The van der Waals surface area contributed by atoms with E-state index in [1.807, 2.05) is 6.07 Å². The van der Waals surface area contributed by atoms with Gasteiger partial charge in [-0.2, -0.15) is 0 Å². The van der Waals surface area contributed by atoms with Gasteiger partial charge in [-0.15, -0.1) is 0 Å². The Morgan fingerprint density at radius 3 is 2.49 bits per heavy atom. The molecule has 5 heterocycles. The van der Waals surface area contributed by atoms with Crippen molar-refractivity contribution in [2.45, 2.75) is 102 Å². The third-order valence-electron chi connectivity index (χ3n) is 14.9.